The fourth-order valence-electron chi connectivity index (χ4n) is 1.87. The number of hydrogen-bond donors (Lipinski definition) is 1. The minimum Gasteiger partial charge on any atom is -0.385 e. The Hall–Kier alpha value is -0.390. The van der Waals surface area contributed by atoms with Crippen LogP contribution in [0.5, 0.6) is 0 Å². The summed E-state index contributed by atoms with van der Waals surface area (Å²) in [7, 11) is 1.71. The molecule has 0 aromatic rings. The third kappa shape index (κ3) is 4.63. The number of ether oxygens (including phenoxy) is 2. The molecule has 0 bridgehead atoms. The topological polar surface area (TPSA) is 33.7 Å². The van der Waals surface area contributed by atoms with Crippen molar-refractivity contribution in [2.45, 2.75) is 32.5 Å². The highest BCUT2D eigenvalue weighted by Crippen LogP contribution is 2.10. The fourth-order valence-corrected chi connectivity index (χ4v) is 2.12. The number of thiocarbonyl (C=S) groups is 1. The summed E-state index contributed by atoms with van der Waals surface area (Å²) in [4.78, 5) is 2.18. The van der Waals surface area contributed by atoms with Gasteiger partial charge in [0.1, 0.15) is 0 Å². The quantitative estimate of drug-likeness (QED) is 0.591. The van der Waals surface area contributed by atoms with E-state index in [-0.39, 0.29) is 12.2 Å². The van der Waals surface area contributed by atoms with Crippen LogP contribution in [0.25, 0.3) is 0 Å². The van der Waals surface area contributed by atoms with E-state index in [0.717, 1.165) is 37.8 Å². The van der Waals surface area contributed by atoms with Crippen molar-refractivity contribution in [1.29, 1.82) is 0 Å². The molecular weight excluding hydrogens is 224 g/mol. The molecule has 2 atom stereocenters. The maximum Gasteiger partial charge on any atom is 0.169 e. The summed E-state index contributed by atoms with van der Waals surface area (Å²) in [5.41, 5.74) is 0. The Labute approximate surface area is 103 Å². The number of rotatable bonds is 4. The largest absolute Gasteiger partial charge is 0.385 e. The first-order valence-electron chi connectivity index (χ1n) is 5.80. The Kier molecular flexibility index (Phi) is 6.01. The molecule has 0 aromatic heterocycles. The number of morpholine rings is 1. The minimum atomic E-state index is 0.252. The van der Waals surface area contributed by atoms with Gasteiger partial charge in [-0.15, -0.1) is 0 Å². The molecule has 94 valence electrons. The molecule has 1 heterocycles. The van der Waals surface area contributed by atoms with Gasteiger partial charge in [0, 0.05) is 33.4 Å². The molecule has 1 aliphatic rings. The second kappa shape index (κ2) is 7.04. The zero-order valence-corrected chi connectivity index (χ0v) is 11.2. The second-order valence-corrected chi connectivity index (χ2v) is 4.63. The van der Waals surface area contributed by atoms with E-state index in [2.05, 4.69) is 24.1 Å². The van der Waals surface area contributed by atoms with Gasteiger partial charge in [0.05, 0.1) is 12.2 Å². The van der Waals surface area contributed by atoms with E-state index in [1.54, 1.807) is 7.11 Å². The van der Waals surface area contributed by atoms with Gasteiger partial charge in [-0.1, -0.05) is 0 Å². The summed E-state index contributed by atoms with van der Waals surface area (Å²) in [5, 5.41) is 4.08. The molecule has 1 rings (SSSR count). The van der Waals surface area contributed by atoms with E-state index in [1.807, 2.05) is 0 Å². The van der Waals surface area contributed by atoms with Gasteiger partial charge in [0.2, 0.25) is 0 Å². The third-order valence-corrected chi connectivity index (χ3v) is 2.91. The Morgan fingerprint density at radius 2 is 2.06 bits per heavy atom. The van der Waals surface area contributed by atoms with Crippen molar-refractivity contribution >= 4 is 17.3 Å². The van der Waals surface area contributed by atoms with Crippen molar-refractivity contribution in [3.05, 3.63) is 0 Å². The molecule has 4 nitrogen and oxygen atoms in total. The number of nitrogens with one attached hydrogen (secondary N) is 1. The second-order valence-electron chi connectivity index (χ2n) is 4.24. The molecule has 0 spiro atoms. The summed E-state index contributed by atoms with van der Waals surface area (Å²) in [5.74, 6) is 0. The molecule has 5 heteroatoms. The molecule has 1 fully saturated rings. The zero-order valence-electron chi connectivity index (χ0n) is 10.4. The maximum absolute atomic E-state index is 5.66. The van der Waals surface area contributed by atoms with Crippen LogP contribution in [0, 0.1) is 0 Å². The molecule has 0 saturated carbocycles. The van der Waals surface area contributed by atoms with Gasteiger partial charge in [-0.3, -0.25) is 0 Å². The van der Waals surface area contributed by atoms with Gasteiger partial charge in [0.25, 0.3) is 0 Å². The average Bonchev–Trinajstić information content (AvgIpc) is 2.22. The van der Waals surface area contributed by atoms with Gasteiger partial charge < -0.3 is 19.7 Å². The zero-order chi connectivity index (χ0) is 12.0. The van der Waals surface area contributed by atoms with Crippen LogP contribution < -0.4 is 5.32 Å². The molecule has 0 aliphatic carbocycles. The Bertz CT molecular complexity index is 216. The Balaban J connectivity index is 2.24. The highest BCUT2D eigenvalue weighted by atomic mass is 32.1. The minimum absolute atomic E-state index is 0.252. The first kappa shape index (κ1) is 13.7. The standard InChI is InChI=1S/C11H22N2O2S/c1-9-7-13(8-10(2)15-9)11(16)12-5-4-6-14-3/h9-10H,4-8H2,1-3H3,(H,12,16)/t9-,10-/m0/s1. The SMILES string of the molecule is COCCCNC(=S)N1C[C@H](C)O[C@@H](C)C1. The van der Waals surface area contributed by atoms with E-state index in [1.165, 1.54) is 0 Å². The molecule has 0 unspecified atom stereocenters. The molecule has 1 saturated heterocycles. The first-order valence-corrected chi connectivity index (χ1v) is 6.21. The van der Waals surface area contributed by atoms with E-state index in [9.17, 15) is 0 Å². The molecule has 1 aliphatic heterocycles. The molecule has 16 heavy (non-hydrogen) atoms. The predicted molar refractivity (Wildman–Crippen MR) is 68.7 cm³/mol. The van der Waals surface area contributed by atoms with E-state index in [4.69, 9.17) is 21.7 Å². The Morgan fingerprint density at radius 3 is 2.62 bits per heavy atom. The summed E-state index contributed by atoms with van der Waals surface area (Å²) in [6, 6.07) is 0. The normalized spacial score (nSPS) is 25.6. The van der Waals surface area contributed by atoms with Crippen molar-refractivity contribution in [2.75, 3.05) is 33.4 Å². The van der Waals surface area contributed by atoms with Crippen LogP contribution in [-0.2, 0) is 9.47 Å². The van der Waals surface area contributed by atoms with Crippen LogP contribution in [-0.4, -0.2) is 55.6 Å². The van der Waals surface area contributed by atoms with E-state index < -0.39 is 0 Å². The van der Waals surface area contributed by atoms with Crippen LogP contribution in [0.15, 0.2) is 0 Å². The number of hydrogen-bond acceptors (Lipinski definition) is 3. The van der Waals surface area contributed by atoms with Crippen LogP contribution in [0.1, 0.15) is 20.3 Å². The first-order chi connectivity index (χ1) is 7.63. The molecular formula is C11H22N2O2S. The fraction of sp³-hybridized carbons (Fsp3) is 0.909. The summed E-state index contributed by atoms with van der Waals surface area (Å²) in [6.45, 7) is 7.55. The molecule has 1 N–H and O–H groups in total. The molecule has 0 radical (unpaired) electrons. The van der Waals surface area contributed by atoms with Crippen molar-refractivity contribution in [2.24, 2.45) is 0 Å². The third-order valence-electron chi connectivity index (χ3n) is 2.51. The highest BCUT2D eigenvalue weighted by molar-refractivity contribution is 7.80. The van der Waals surface area contributed by atoms with Gasteiger partial charge in [0.15, 0.2) is 5.11 Å². The average molecular weight is 246 g/mol. The summed E-state index contributed by atoms with van der Waals surface area (Å²) >= 11 is 5.35. The summed E-state index contributed by atoms with van der Waals surface area (Å²) < 4.78 is 10.6. The lowest BCUT2D eigenvalue weighted by Crippen LogP contribution is -2.51. The molecule has 0 amide bonds. The lowest BCUT2D eigenvalue weighted by atomic mass is 10.2. The number of methoxy groups -OCH3 is 1. The lowest BCUT2D eigenvalue weighted by Gasteiger charge is -2.36. The van der Waals surface area contributed by atoms with Crippen molar-refractivity contribution in [3.63, 3.8) is 0 Å². The van der Waals surface area contributed by atoms with Crippen LogP contribution >= 0.6 is 12.2 Å². The number of nitrogens with zero attached hydrogens (tertiary/aromatic N) is 1. The van der Waals surface area contributed by atoms with Gasteiger partial charge in [-0.2, -0.15) is 0 Å². The molecule has 0 aromatic carbocycles. The highest BCUT2D eigenvalue weighted by Gasteiger charge is 2.23. The lowest BCUT2D eigenvalue weighted by molar-refractivity contribution is -0.0481. The van der Waals surface area contributed by atoms with Gasteiger partial charge >= 0.3 is 0 Å². The van der Waals surface area contributed by atoms with E-state index >= 15 is 0 Å². The monoisotopic (exact) mass is 246 g/mol. The Morgan fingerprint density at radius 1 is 1.44 bits per heavy atom. The smallest absolute Gasteiger partial charge is 0.169 e. The summed E-state index contributed by atoms with van der Waals surface area (Å²) in [6.07, 6.45) is 1.48. The van der Waals surface area contributed by atoms with Gasteiger partial charge in [-0.25, -0.2) is 0 Å². The van der Waals surface area contributed by atoms with Crippen LogP contribution in [0.2, 0.25) is 0 Å². The predicted octanol–water partition coefficient (Wildman–Crippen LogP) is 1.01. The van der Waals surface area contributed by atoms with Crippen molar-refractivity contribution in [1.82, 2.24) is 10.2 Å². The maximum atomic E-state index is 5.66. The van der Waals surface area contributed by atoms with Crippen LogP contribution in [0.3, 0.4) is 0 Å². The van der Waals surface area contributed by atoms with Crippen molar-refractivity contribution < 1.29 is 9.47 Å². The van der Waals surface area contributed by atoms with Crippen LogP contribution in [0.4, 0.5) is 0 Å². The van der Waals surface area contributed by atoms with Crippen molar-refractivity contribution in [3.8, 4) is 0 Å². The van der Waals surface area contributed by atoms with Gasteiger partial charge in [-0.05, 0) is 32.5 Å². The van der Waals surface area contributed by atoms with E-state index in [0.29, 0.717) is 0 Å².